The van der Waals surface area contributed by atoms with E-state index in [2.05, 4.69) is 31.9 Å². The Morgan fingerprint density at radius 3 is 2.78 bits per heavy atom. The van der Waals surface area contributed by atoms with Gasteiger partial charge < -0.3 is 19.1 Å². The summed E-state index contributed by atoms with van der Waals surface area (Å²) in [6, 6.07) is 1.81. The van der Waals surface area contributed by atoms with Crippen molar-refractivity contribution in [1.29, 1.82) is 0 Å². The van der Waals surface area contributed by atoms with Crippen molar-refractivity contribution in [3.8, 4) is 5.88 Å². The molecule has 0 N–H and O–H groups in total. The maximum atomic E-state index is 12.4. The summed E-state index contributed by atoms with van der Waals surface area (Å²) in [5.74, 6) is 2.91. The van der Waals surface area contributed by atoms with Crippen molar-refractivity contribution < 1.29 is 14.1 Å². The fraction of sp³-hybridized carbons (Fsp3) is 0.611. The minimum atomic E-state index is 0.170. The van der Waals surface area contributed by atoms with Gasteiger partial charge in [-0.2, -0.15) is 4.98 Å². The van der Waals surface area contributed by atoms with Gasteiger partial charge in [0.05, 0.1) is 7.11 Å². The number of piperazine rings is 1. The number of ether oxygens (including phenoxy) is 1. The fourth-order valence-electron chi connectivity index (χ4n) is 3.07. The van der Waals surface area contributed by atoms with Crippen molar-refractivity contribution in [2.24, 2.45) is 0 Å². The Morgan fingerprint density at radius 1 is 1.22 bits per heavy atom. The Morgan fingerprint density at radius 2 is 2.04 bits per heavy atom. The molecule has 0 saturated carbocycles. The highest BCUT2D eigenvalue weighted by atomic mass is 16.5. The highest BCUT2D eigenvalue weighted by Gasteiger charge is 2.22. The maximum absolute atomic E-state index is 12.4. The number of hydrogen-bond acceptors (Lipinski definition) is 8. The molecule has 0 unspecified atom stereocenters. The van der Waals surface area contributed by atoms with E-state index in [-0.39, 0.29) is 5.91 Å². The van der Waals surface area contributed by atoms with Gasteiger partial charge in [-0.25, -0.2) is 9.97 Å². The van der Waals surface area contributed by atoms with Gasteiger partial charge >= 0.3 is 0 Å². The first-order chi connectivity index (χ1) is 13.2. The molecule has 1 saturated heterocycles. The Balaban J connectivity index is 1.41. The van der Waals surface area contributed by atoms with E-state index in [4.69, 9.17) is 9.26 Å². The summed E-state index contributed by atoms with van der Waals surface area (Å²) < 4.78 is 10.4. The van der Waals surface area contributed by atoms with Crippen molar-refractivity contribution in [1.82, 2.24) is 25.0 Å². The number of carbonyl (C=O) groups is 1. The van der Waals surface area contributed by atoms with Gasteiger partial charge in [0.1, 0.15) is 12.1 Å². The Kier molecular flexibility index (Phi) is 6.56. The number of nitrogens with zero attached hydrogens (tertiary/aromatic N) is 6. The van der Waals surface area contributed by atoms with E-state index < -0.39 is 0 Å². The predicted octanol–water partition coefficient (Wildman–Crippen LogP) is 1.49. The van der Waals surface area contributed by atoms with Gasteiger partial charge in [-0.1, -0.05) is 12.1 Å². The van der Waals surface area contributed by atoms with Crippen LogP contribution in [-0.2, 0) is 17.6 Å². The minimum absolute atomic E-state index is 0.170. The van der Waals surface area contributed by atoms with E-state index in [0.717, 1.165) is 44.0 Å². The van der Waals surface area contributed by atoms with E-state index in [9.17, 15) is 4.79 Å². The summed E-state index contributed by atoms with van der Waals surface area (Å²) in [4.78, 5) is 29.1. The molecule has 0 aromatic carbocycles. The number of anilines is 1. The average molecular weight is 374 g/mol. The van der Waals surface area contributed by atoms with Crippen LogP contribution in [0.1, 0.15) is 37.9 Å². The lowest BCUT2D eigenvalue weighted by atomic mass is 10.2. The van der Waals surface area contributed by atoms with E-state index in [1.807, 2.05) is 11.0 Å². The average Bonchev–Trinajstić information content (AvgIpc) is 3.16. The molecule has 1 fully saturated rings. The summed E-state index contributed by atoms with van der Waals surface area (Å²) in [7, 11) is 1.58. The number of aromatic nitrogens is 4. The lowest BCUT2D eigenvalue weighted by molar-refractivity contribution is -0.131. The summed E-state index contributed by atoms with van der Waals surface area (Å²) in [5.41, 5.74) is 0. The quantitative estimate of drug-likeness (QED) is 0.685. The van der Waals surface area contributed by atoms with Crippen LogP contribution in [-0.4, -0.2) is 64.2 Å². The number of methoxy groups -OCH3 is 1. The number of amides is 1. The number of rotatable bonds is 8. The highest BCUT2D eigenvalue weighted by Crippen LogP contribution is 2.17. The van der Waals surface area contributed by atoms with Crippen LogP contribution in [0.3, 0.4) is 0 Å². The van der Waals surface area contributed by atoms with Crippen molar-refractivity contribution in [2.75, 3.05) is 38.2 Å². The first-order valence-corrected chi connectivity index (χ1v) is 9.39. The van der Waals surface area contributed by atoms with Crippen molar-refractivity contribution in [3.63, 3.8) is 0 Å². The van der Waals surface area contributed by atoms with Crippen LogP contribution >= 0.6 is 0 Å². The van der Waals surface area contributed by atoms with Gasteiger partial charge in [0.15, 0.2) is 5.82 Å². The molecular formula is C18H26N6O3. The molecule has 0 aliphatic carbocycles. The maximum Gasteiger partial charge on any atom is 0.226 e. The van der Waals surface area contributed by atoms with Crippen LogP contribution in [0.25, 0.3) is 0 Å². The zero-order valence-corrected chi connectivity index (χ0v) is 15.9. The monoisotopic (exact) mass is 374 g/mol. The van der Waals surface area contributed by atoms with Crippen LogP contribution < -0.4 is 9.64 Å². The highest BCUT2D eigenvalue weighted by molar-refractivity contribution is 5.76. The lowest BCUT2D eigenvalue weighted by Gasteiger charge is -2.35. The lowest BCUT2D eigenvalue weighted by Crippen LogP contribution is -2.49. The third kappa shape index (κ3) is 5.15. The van der Waals surface area contributed by atoms with Gasteiger partial charge in [-0.15, -0.1) is 0 Å². The van der Waals surface area contributed by atoms with Gasteiger partial charge in [0.25, 0.3) is 0 Å². The summed E-state index contributed by atoms with van der Waals surface area (Å²) in [5, 5.41) is 3.94. The number of hydrogen-bond donors (Lipinski definition) is 0. The summed E-state index contributed by atoms with van der Waals surface area (Å²) >= 11 is 0. The van der Waals surface area contributed by atoms with Crippen molar-refractivity contribution >= 4 is 11.7 Å². The Hall–Kier alpha value is -2.71. The molecule has 146 valence electrons. The van der Waals surface area contributed by atoms with Crippen LogP contribution in [0.5, 0.6) is 5.88 Å². The van der Waals surface area contributed by atoms with Crippen molar-refractivity contribution in [3.05, 3.63) is 24.1 Å². The van der Waals surface area contributed by atoms with Crippen LogP contribution in [0, 0.1) is 0 Å². The second-order valence-corrected chi connectivity index (χ2v) is 6.49. The molecule has 0 spiro atoms. The van der Waals surface area contributed by atoms with Crippen LogP contribution in [0.4, 0.5) is 5.82 Å². The second-order valence-electron chi connectivity index (χ2n) is 6.49. The zero-order chi connectivity index (χ0) is 19.1. The molecule has 2 aromatic heterocycles. The van der Waals surface area contributed by atoms with Gasteiger partial charge in [0, 0.05) is 51.5 Å². The van der Waals surface area contributed by atoms with Gasteiger partial charge in [0.2, 0.25) is 17.7 Å². The van der Waals surface area contributed by atoms with E-state index >= 15 is 0 Å². The fourth-order valence-corrected chi connectivity index (χ4v) is 3.07. The molecular weight excluding hydrogens is 348 g/mol. The Labute approximate surface area is 158 Å². The topological polar surface area (TPSA) is 97.5 Å². The molecule has 1 amide bonds. The molecule has 3 heterocycles. The largest absolute Gasteiger partial charge is 0.481 e. The molecule has 9 heteroatoms. The molecule has 3 rings (SSSR count). The standard InChI is InChI=1S/C18H26N6O3/c1-3-5-14-21-16(27-22-14)6-4-7-18(25)24-10-8-23(9-11-24)15-12-17(26-2)20-13-19-15/h12-13H,3-11H2,1-2H3. The molecule has 0 bridgehead atoms. The second kappa shape index (κ2) is 9.29. The third-order valence-electron chi connectivity index (χ3n) is 4.56. The molecule has 1 aliphatic rings. The van der Waals surface area contributed by atoms with Gasteiger partial charge in [-0.05, 0) is 12.8 Å². The SMILES string of the molecule is CCCc1noc(CCCC(=O)N2CCN(c3cc(OC)ncn3)CC2)n1. The molecule has 0 atom stereocenters. The Bertz CT molecular complexity index is 742. The van der Waals surface area contributed by atoms with Crippen LogP contribution in [0.2, 0.25) is 0 Å². The predicted molar refractivity (Wildman–Crippen MR) is 98.6 cm³/mol. The molecule has 1 aliphatic heterocycles. The van der Waals surface area contributed by atoms with E-state index in [1.54, 1.807) is 7.11 Å². The number of aryl methyl sites for hydroxylation is 2. The van der Waals surface area contributed by atoms with Crippen LogP contribution in [0.15, 0.2) is 16.9 Å². The zero-order valence-electron chi connectivity index (χ0n) is 15.9. The molecule has 2 aromatic rings. The summed E-state index contributed by atoms with van der Waals surface area (Å²) in [6.45, 7) is 4.94. The molecule has 27 heavy (non-hydrogen) atoms. The molecule has 9 nitrogen and oxygen atoms in total. The van der Waals surface area contributed by atoms with E-state index in [0.29, 0.717) is 37.7 Å². The molecule has 0 radical (unpaired) electrons. The first kappa shape index (κ1) is 19.1. The smallest absolute Gasteiger partial charge is 0.226 e. The number of carbonyl (C=O) groups excluding carboxylic acids is 1. The third-order valence-corrected chi connectivity index (χ3v) is 4.56. The first-order valence-electron chi connectivity index (χ1n) is 9.39. The van der Waals surface area contributed by atoms with Crippen molar-refractivity contribution in [2.45, 2.75) is 39.0 Å². The minimum Gasteiger partial charge on any atom is -0.481 e. The normalized spacial score (nSPS) is 14.4. The summed E-state index contributed by atoms with van der Waals surface area (Å²) in [6.07, 6.45) is 5.16. The van der Waals surface area contributed by atoms with Gasteiger partial charge in [-0.3, -0.25) is 4.79 Å². The van der Waals surface area contributed by atoms with E-state index in [1.165, 1.54) is 6.33 Å².